The predicted molar refractivity (Wildman–Crippen MR) is 123 cm³/mol. The first-order valence-electron chi connectivity index (χ1n) is 10.6. The molecule has 0 radical (unpaired) electrons. The van der Waals surface area contributed by atoms with E-state index in [1.165, 1.54) is 0 Å². The minimum Gasteiger partial charge on any atom is -0.496 e. The van der Waals surface area contributed by atoms with Crippen LogP contribution >= 0.6 is 0 Å². The highest BCUT2D eigenvalue weighted by molar-refractivity contribution is 5.86. The van der Waals surface area contributed by atoms with Crippen LogP contribution in [0.1, 0.15) is 51.2 Å². The maximum absolute atomic E-state index is 9.43. The van der Waals surface area contributed by atoms with Crippen molar-refractivity contribution in [1.29, 1.82) is 0 Å². The van der Waals surface area contributed by atoms with E-state index in [1.807, 2.05) is 36.7 Å². The summed E-state index contributed by atoms with van der Waals surface area (Å²) in [6.45, 7) is 6.60. The third kappa shape index (κ3) is 5.23. The van der Waals surface area contributed by atoms with Gasteiger partial charge in [0.15, 0.2) is 5.82 Å². The zero-order chi connectivity index (χ0) is 22.6. The number of hydrogen-bond acceptors (Lipinski definition) is 8. The van der Waals surface area contributed by atoms with E-state index in [1.54, 1.807) is 13.3 Å². The van der Waals surface area contributed by atoms with Crippen LogP contribution in [-0.2, 0) is 12.1 Å². The lowest BCUT2D eigenvalue weighted by atomic mass is 9.93. The van der Waals surface area contributed by atoms with E-state index in [4.69, 9.17) is 16.2 Å². The van der Waals surface area contributed by atoms with Crippen LogP contribution in [0.5, 0.6) is 5.75 Å². The highest BCUT2D eigenvalue weighted by atomic mass is 16.5. The molecule has 3 aromatic rings. The number of aliphatic hydroxyl groups is 1. The predicted octanol–water partition coefficient (Wildman–Crippen LogP) is 2.62. The Morgan fingerprint density at radius 1 is 1.26 bits per heavy atom. The van der Waals surface area contributed by atoms with Crippen molar-refractivity contribution in [3.05, 3.63) is 35.5 Å². The number of aliphatic hydroxyl groups excluding tert-OH is 1. The molecule has 0 aliphatic heterocycles. The quantitative estimate of drug-likeness (QED) is 0.387. The molecule has 0 bridgehead atoms. The molecule has 0 aliphatic carbocycles. The maximum atomic E-state index is 9.43. The molecule has 0 aliphatic rings. The number of anilines is 2. The van der Waals surface area contributed by atoms with Crippen LogP contribution in [0.25, 0.3) is 11.0 Å². The Bertz CT molecular complexity index is 1020. The van der Waals surface area contributed by atoms with Crippen molar-refractivity contribution in [3.63, 3.8) is 0 Å². The van der Waals surface area contributed by atoms with Gasteiger partial charge in [-0.15, -0.1) is 0 Å². The van der Waals surface area contributed by atoms with E-state index < -0.39 is 5.54 Å². The number of methoxy groups -OCH3 is 1. The number of nitrogens with one attached hydrogen (secondary N) is 1. The van der Waals surface area contributed by atoms with Crippen LogP contribution in [0.3, 0.4) is 0 Å². The van der Waals surface area contributed by atoms with Gasteiger partial charge in [-0.3, -0.25) is 4.68 Å². The smallest absolute Gasteiger partial charge is 0.222 e. The van der Waals surface area contributed by atoms with E-state index in [9.17, 15) is 5.11 Å². The van der Waals surface area contributed by atoms with Gasteiger partial charge in [0.05, 0.1) is 19.9 Å². The van der Waals surface area contributed by atoms with E-state index in [2.05, 4.69) is 27.3 Å². The number of nitrogen functional groups attached to an aromatic ring is 1. The van der Waals surface area contributed by atoms with Crippen LogP contribution in [0.15, 0.2) is 24.4 Å². The van der Waals surface area contributed by atoms with Gasteiger partial charge in [-0.1, -0.05) is 19.4 Å². The van der Waals surface area contributed by atoms with Crippen molar-refractivity contribution in [2.24, 2.45) is 5.73 Å². The summed E-state index contributed by atoms with van der Waals surface area (Å²) in [6, 6.07) is 6.03. The van der Waals surface area contributed by atoms with Gasteiger partial charge in [0.25, 0.3) is 0 Å². The molecule has 31 heavy (non-hydrogen) atoms. The lowest BCUT2D eigenvalue weighted by molar-refractivity contribution is 0.276. The highest BCUT2D eigenvalue weighted by Crippen LogP contribution is 2.29. The average molecular weight is 428 g/mol. The Kier molecular flexibility index (Phi) is 6.97. The van der Waals surface area contributed by atoms with Crippen LogP contribution in [0, 0.1) is 0 Å². The first-order chi connectivity index (χ1) is 14.8. The molecule has 0 saturated heterocycles. The number of nitrogens with zero attached hydrogens (tertiary/aromatic N) is 4. The van der Waals surface area contributed by atoms with E-state index in [-0.39, 0.29) is 18.6 Å². The second kappa shape index (κ2) is 9.49. The molecule has 0 amide bonds. The average Bonchev–Trinajstić information content (AvgIpc) is 3.10. The number of nitrogens with two attached hydrogens (primary N) is 2. The molecule has 0 spiro atoms. The first kappa shape index (κ1) is 22.8. The summed E-state index contributed by atoms with van der Waals surface area (Å²) in [5.74, 6) is 1.55. The van der Waals surface area contributed by atoms with Crippen LogP contribution in [0.2, 0.25) is 0 Å². The molecule has 6 N–H and O–H groups in total. The van der Waals surface area contributed by atoms with Gasteiger partial charge in [-0.05, 0) is 44.4 Å². The molecule has 2 heterocycles. The lowest BCUT2D eigenvalue weighted by Gasteiger charge is -2.22. The third-order valence-corrected chi connectivity index (χ3v) is 5.31. The van der Waals surface area contributed by atoms with E-state index >= 15 is 0 Å². The fourth-order valence-electron chi connectivity index (χ4n) is 3.69. The summed E-state index contributed by atoms with van der Waals surface area (Å²) in [6.07, 6.45) is 4.19. The van der Waals surface area contributed by atoms with Gasteiger partial charge < -0.3 is 26.6 Å². The van der Waals surface area contributed by atoms with Gasteiger partial charge in [0.2, 0.25) is 5.95 Å². The fraction of sp³-hybridized carbons (Fsp3) is 0.500. The fourth-order valence-corrected chi connectivity index (χ4v) is 3.69. The number of benzene rings is 1. The van der Waals surface area contributed by atoms with E-state index in [0.717, 1.165) is 35.2 Å². The van der Waals surface area contributed by atoms with Gasteiger partial charge in [0, 0.05) is 23.8 Å². The monoisotopic (exact) mass is 427 g/mol. The minimum absolute atomic E-state index is 0.0757. The Balaban J connectivity index is 2.04. The second-order valence-corrected chi connectivity index (χ2v) is 8.36. The molecule has 3 rings (SSSR count). The van der Waals surface area contributed by atoms with Crippen molar-refractivity contribution < 1.29 is 9.84 Å². The summed E-state index contributed by atoms with van der Waals surface area (Å²) >= 11 is 0. The maximum Gasteiger partial charge on any atom is 0.222 e. The summed E-state index contributed by atoms with van der Waals surface area (Å²) < 4.78 is 7.41. The van der Waals surface area contributed by atoms with Crippen molar-refractivity contribution in [2.45, 2.75) is 58.2 Å². The van der Waals surface area contributed by atoms with Gasteiger partial charge >= 0.3 is 0 Å². The molecular weight excluding hydrogens is 394 g/mol. The molecule has 1 unspecified atom stereocenters. The van der Waals surface area contributed by atoms with Crippen molar-refractivity contribution in [1.82, 2.24) is 19.7 Å². The van der Waals surface area contributed by atoms with Gasteiger partial charge in [0.1, 0.15) is 16.8 Å². The Labute approximate surface area is 182 Å². The highest BCUT2D eigenvalue weighted by Gasteiger charge is 2.19. The van der Waals surface area contributed by atoms with E-state index in [0.29, 0.717) is 24.3 Å². The molecular formula is C22H33N7O2. The van der Waals surface area contributed by atoms with Crippen molar-refractivity contribution in [2.75, 3.05) is 24.8 Å². The molecule has 9 nitrogen and oxygen atoms in total. The SMILES string of the molecule is CCCC(CCO)Nc1nc(N)nc2cnn(Cc3cc(C(C)(C)N)ccc3OC)c12. The topological polar surface area (TPSA) is 137 Å². The molecule has 168 valence electrons. The summed E-state index contributed by atoms with van der Waals surface area (Å²) in [5.41, 5.74) is 15.1. The zero-order valence-electron chi connectivity index (χ0n) is 18.7. The Morgan fingerprint density at radius 2 is 2.03 bits per heavy atom. The molecule has 9 heteroatoms. The zero-order valence-corrected chi connectivity index (χ0v) is 18.7. The second-order valence-electron chi connectivity index (χ2n) is 8.36. The van der Waals surface area contributed by atoms with Crippen LogP contribution in [0.4, 0.5) is 11.8 Å². The minimum atomic E-state index is -0.477. The normalized spacial score (nSPS) is 12.8. The first-order valence-corrected chi connectivity index (χ1v) is 10.6. The summed E-state index contributed by atoms with van der Waals surface area (Å²) in [5, 5.41) is 17.4. The van der Waals surface area contributed by atoms with Crippen LogP contribution < -0.4 is 21.5 Å². The number of rotatable bonds is 10. The summed E-state index contributed by atoms with van der Waals surface area (Å²) in [4.78, 5) is 8.78. The Morgan fingerprint density at radius 3 is 2.68 bits per heavy atom. The molecule has 2 aromatic heterocycles. The molecule has 0 fully saturated rings. The van der Waals surface area contributed by atoms with Crippen molar-refractivity contribution >= 4 is 22.8 Å². The number of ether oxygens (including phenoxy) is 1. The number of fused-ring (bicyclic) bond motifs is 1. The van der Waals surface area contributed by atoms with Crippen LogP contribution in [-0.4, -0.2) is 44.6 Å². The standard InChI is InChI=1S/C22H33N7O2/c1-5-6-16(9-10-30)26-20-19-17(27-21(23)28-20)12-25-29(19)13-14-11-15(22(2,3)24)7-8-18(14)31-4/h7-8,11-12,16,30H,5-6,9-10,13,24H2,1-4H3,(H3,23,26,27,28). The van der Waals surface area contributed by atoms with Gasteiger partial charge in [-0.25, -0.2) is 4.98 Å². The van der Waals surface area contributed by atoms with Crippen molar-refractivity contribution in [3.8, 4) is 5.75 Å². The molecule has 1 aromatic carbocycles. The summed E-state index contributed by atoms with van der Waals surface area (Å²) in [7, 11) is 1.65. The molecule has 0 saturated carbocycles. The van der Waals surface area contributed by atoms with Gasteiger partial charge in [-0.2, -0.15) is 10.1 Å². The largest absolute Gasteiger partial charge is 0.496 e. The third-order valence-electron chi connectivity index (χ3n) is 5.31. The number of aromatic nitrogens is 4. The Hall–Kier alpha value is -2.91. The molecule has 1 atom stereocenters. The lowest BCUT2D eigenvalue weighted by Crippen LogP contribution is -2.28. The number of hydrogen-bond donors (Lipinski definition) is 4.